The molecule has 1 amide bonds. The van der Waals surface area contributed by atoms with Gasteiger partial charge in [-0.05, 0) is 23.6 Å². The van der Waals surface area contributed by atoms with Crippen molar-refractivity contribution in [1.82, 2.24) is 14.9 Å². The monoisotopic (exact) mass is 466 g/mol. The second-order valence-electron chi connectivity index (χ2n) is 8.61. The number of hydrogen-bond donors (Lipinski definition) is 0. The van der Waals surface area contributed by atoms with Gasteiger partial charge in [0.15, 0.2) is 12.4 Å². The molecule has 1 aliphatic heterocycles. The van der Waals surface area contributed by atoms with Gasteiger partial charge in [-0.1, -0.05) is 19.1 Å². The largest absolute Gasteiger partial charge is 0.489 e. The highest BCUT2D eigenvalue weighted by molar-refractivity contribution is 5.76. The zero-order valence-electron chi connectivity index (χ0n) is 19.2. The number of rotatable bonds is 9. The molecule has 0 spiro atoms. The smallest absolute Gasteiger partial charge is 0.278 e. The summed E-state index contributed by atoms with van der Waals surface area (Å²) >= 11 is 0. The molecule has 1 fully saturated rings. The molecule has 0 unspecified atom stereocenters. The SMILES string of the molecule is C[C@H](CC(=O)N(C)C)c1ccc(O[C@@H]2CCN(c3ncnc(OCC(C)(F)F)c3F)C2)cc1. The predicted octanol–water partition coefficient (Wildman–Crippen LogP) is 3.89. The molecule has 33 heavy (non-hydrogen) atoms. The van der Waals surface area contributed by atoms with Crippen LogP contribution in [0.5, 0.6) is 11.6 Å². The van der Waals surface area contributed by atoms with Gasteiger partial charge in [0.05, 0.1) is 6.54 Å². The first-order valence-corrected chi connectivity index (χ1v) is 10.8. The van der Waals surface area contributed by atoms with Crippen LogP contribution in [-0.4, -0.2) is 66.6 Å². The van der Waals surface area contributed by atoms with Crippen molar-refractivity contribution in [2.45, 2.75) is 44.6 Å². The van der Waals surface area contributed by atoms with Crippen LogP contribution in [0.15, 0.2) is 30.6 Å². The van der Waals surface area contributed by atoms with Crippen LogP contribution in [0, 0.1) is 5.82 Å². The number of nitrogens with zero attached hydrogens (tertiary/aromatic N) is 4. The van der Waals surface area contributed by atoms with E-state index in [-0.39, 0.29) is 23.7 Å². The summed E-state index contributed by atoms with van der Waals surface area (Å²) < 4.78 is 51.6. The molecule has 180 valence electrons. The molecule has 0 saturated carbocycles. The molecule has 1 saturated heterocycles. The molecule has 2 heterocycles. The Morgan fingerprint density at radius 2 is 1.97 bits per heavy atom. The number of ether oxygens (including phenoxy) is 2. The fourth-order valence-electron chi connectivity index (χ4n) is 3.51. The van der Waals surface area contributed by atoms with E-state index in [1.165, 1.54) is 0 Å². The third kappa shape index (κ3) is 6.72. The van der Waals surface area contributed by atoms with E-state index in [1.807, 2.05) is 31.2 Å². The van der Waals surface area contributed by atoms with Gasteiger partial charge >= 0.3 is 0 Å². The first kappa shape index (κ1) is 24.6. The molecule has 0 radical (unpaired) electrons. The lowest BCUT2D eigenvalue weighted by Gasteiger charge is -2.20. The Morgan fingerprint density at radius 3 is 2.61 bits per heavy atom. The van der Waals surface area contributed by atoms with Crippen LogP contribution in [0.25, 0.3) is 0 Å². The molecule has 0 bridgehead atoms. The van der Waals surface area contributed by atoms with Crippen molar-refractivity contribution < 1.29 is 27.4 Å². The number of amides is 1. The molecule has 7 nitrogen and oxygen atoms in total. The van der Waals surface area contributed by atoms with Crippen LogP contribution < -0.4 is 14.4 Å². The maximum absolute atomic E-state index is 14.7. The first-order chi connectivity index (χ1) is 15.5. The van der Waals surface area contributed by atoms with Crippen LogP contribution in [0.2, 0.25) is 0 Å². The Kier molecular flexibility index (Phi) is 7.65. The normalized spacial score (nSPS) is 17.1. The van der Waals surface area contributed by atoms with E-state index < -0.39 is 24.2 Å². The lowest BCUT2D eigenvalue weighted by molar-refractivity contribution is -0.129. The fourth-order valence-corrected chi connectivity index (χ4v) is 3.51. The zero-order valence-corrected chi connectivity index (χ0v) is 19.2. The molecule has 1 aromatic carbocycles. The van der Waals surface area contributed by atoms with Gasteiger partial charge in [0.25, 0.3) is 11.8 Å². The van der Waals surface area contributed by atoms with Gasteiger partial charge in [0.2, 0.25) is 11.7 Å². The third-order valence-corrected chi connectivity index (χ3v) is 5.38. The highest BCUT2D eigenvalue weighted by atomic mass is 19.3. The van der Waals surface area contributed by atoms with E-state index in [4.69, 9.17) is 9.47 Å². The van der Waals surface area contributed by atoms with Gasteiger partial charge < -0.3 is 19.3 Å². The van der Waals surface area contributed by atoms with E-state index >= 15 is 0 Å². The summed E-state index contributed by atoms with van der Waals surface area (Å²) in [6, 6.07) is 7.59. The average molecular weight is 467 g/mol. The summed E-state index contributed by atoms with van der Waals surface area (Å²) in [5.41, 5.74) is 1.04. The third-order valence-electron chi connectivity index (χ3n) is 5.38. The number of carbonyl (C=O) groups is 1. The van der Waals surface area contributed by atoms with Gasteiger partial charge in [0, 0.05) is 40.4 Å². The molecule has 2 atom stereocenters. The lowest BCUT2D eigenvalue weighted by Crippen LogP contribution is -2.27. The maximum Gasteiger partial charge on any atom is 0.278 e. The highest BCUT2D eigenvalue weighted by Gasteiger charge is 2.30. The van der Waals surface area contributed by atoms with Crippen molar-refractivity contribution >= 4 is 11.7 Å². The zero-order chi connectivity index (χ0) is 24.2. The Labute approximate surface area is 191 Å². The summed E-state index contributed by atoms with van der Waals surface area (Å²) in [6.07, 6.45) is 1.97. The Bertz CT molecular complexity index is 951. The van der Waals surface area contributed by atoms with Crippen LogP contribution in [0.3, 0.4) is 0 Å². The second kappa shape index (κ2) is 10.3. The second-order valence-corrected chi connectivity index (χ2v) is 8.61. The molecular weight excluding hydrogens is 437 g/mol. The molecule has 1 aliphatic rings. The van der Waals surface area contributed by atoms with E-state index in [2.05, 4.69) is 9.97 Å². The van der Waals surface area contributed by atoms with Crippen molar-refractivity contribution in [3.05, 3.63) is 42.0 Å². The van der Waals surface area contributed by atoms with Gasteiger partial charge in [-0.15, -0.1) is 0 Å². The Balaban J connectivity index is 1.58. The minimum atomic E-state index is -3.10. The number of aromatic nitrogens is 2. The topological polar surface area (TPSA) is 67.8 Å². The van der Waals surface area contributed by atoms with Crippen molar-refractivity contribution in [2.75, 3.05) is 38.7 Å². The highest BCUT2D eigenvalue weighted by Crippen LogP contribution is 2.29. The first-order valence-electron chi connectivity index (χ1n) is 10.8. The van der Waals surface area contributed by atoms with Crippen molar-refractivity contribution in [1.29, 1.82) is 0 Å². The van der Waals surface area contributed by atoms with Crippen molar-refractivity contribution in [2.24, 2.45) is 0 Å². The average Bonchev–Trinajstić information content (AvgIpc) is 3.21. The summed E-state index contributed by atoms with van der Waals surface area (Å²) in [5, 5.41) is 0. The molecule has 0 aliphatic carbocycles. The fraction of sp³-hybridized carbons (Fsp3) is 0.522. The molecular formula is C23H29F3N4O3. The minimum absolute atomic E-state index is 0.000233. The number of anilines is 1. The van der Waals surface area contributed by atoms with E-state index in [0.717, 1.165) is 11.9 Å². The molecule has 1 aromatic heterocycles. The van der Waals surface area contributed by atoms with Crippen molar-refractivity contribution in [3.8, 4) is 11.6 Å². The van der Waals surface area contributed by atoms with Crippen molar-refractivity contribution in [3.63, 3.8) is 0 Å². The molecule has 2 aromatic rings. The van der Waals surface area contributed by atoms with Crippen LogP contribution in [-0.2, 0) is 4.79 Å². The van der Waals surface area contributed by atoms with Gasteiger partial charge in [-0.2, -0.15) is 9.37 Å². The van der Waals surface area contributed by atoms with Gasteiger partial charge in [-0.25, -0.2) is 13.8 Å². The summed E-state index contributed by atoms with van der Waals surface area (Å²) in [4.78, 5) is 22.8. The number of alkyl halides is 2. The summed E-state index contributed by atoms with van der Waals surface area (Å²) in [5.74, 6) is -3.63. The minimum Gasteiger partial charge on any atom is -0.489 e. The molecule has 10 heteroatoms. The van der Waals surface area contributed by atoms with E-state index in [0.29, 0.717) is 38.6 Å². The maximum atomic E-state index is 14.7. The summed E-state index contributed by atoms with van der Waals surface area (Å²) in [6.45, 7) is 2.59. The number of hydrogen-bond acceptors (Lipinski definition) is 6. The van der Waals surface area contributed by atoms with Gasteiger partial charge in [0.1, 0.15) is 18.2 Å². The van der Waals surface area contributed by atoms with E-state index in [9.17, 15) is 18.0 Å². The predicted molar refractivity (Wildman–Crippen MR) is 118 cm³/mol. The number of benzene rings is 1. The van der Waals surface area contributed by atoms with Gasteiger partial charge in [-0.3, -0.25) is 4.79 Å². The van der Waals surface area contributed by atoms with Crippen LogP contribution in [0.4, 0.5) is 19.0 Å². The number of carbonyl (C=O) groups excluding carboxylic acids is 1. The van der Waals surface area contributed by atoms with E-state index in [1.54, 1.807) is 23.9 Å². The molecule has 3 rings (SSSR count). The quantitative estimate of drug-likeness (QED) is 0.559. The molecule has 0 N–H and O–H groups in total. The Hall–Kier alpha value is -3.04. The summed E-state index contributed by atoms with van der Waals surface area (Å²) in [7, 11) is 3.48. The number of halogens is 3. The van der Waals surface area contributed by atoms with Crippen LogP contribution >= 0.6 is 0 Å². The lowest BCUT2D eigenvalue weighted by atomic mass is 9.97. The Morgan fingerprint density at radius 1 is 1.27 bits per heavy atom. The standard InChI is InChI=1S/C23H29F3N4O3/c1-15(11-19(31)29(3)4)16-5-7-17(8-6-16)33-18-9-10-30(12-18)21-20(24)22(28-14-27-21)32-13-23(2,25)26/h5-8,14-15,18H,9-13H2,1-4H3/t15-,18-/m1/s1. The van der Waals surface area contributed by atoms with Crippen LogP contribution in [0.1, 0.15) is 38.2 Å².